The quantitative estimate of drug-likeness (QED) is 0.818. The Balaban J connectivity index is 1.85. The number of hydrogen-bond donors (Lipinski definition) is 2. The van der Waals surface area contributed by atoms with Crippen molar-refractivity contribution in [3.63, 3.8) is 0 Å². The molecular weight excluding hydrogens is 312 g/mol. The number of allylic oxidation sites excluding steroid dienone is 3. The lowest BCUT2D eigenvalue weighted by atomic mass is 9.91. The van der Waals surface area contributed by atoms with Gasteiger partial charge in [-0.2, -0.15) is 0 Å². The summed E-state index contributed by atoms with van der Waals surface area (Å²) in [6.45, 7) is 0. The van der Waals surface area contributed by atoms with Crippen LogP contribution in [0.25, 0.3) is 0 Å². The number of carboxylic acids is 1. The summed E-state index contributed by atoms with van der Waals surface area (Å²) in [7, 11) is 1.39. The molecule has 1 aromatic rings. The molecule has 0 saturated carbocycles. The lowest BCUT2D eigenvalue weighted by molar-refractivity contribution is -0.141. The summed E-state index contributed by atoms with van der Waals surface area (Å²) in [5, 5.41) is 11.8. The van der Waals surface area contributed by atoms with Gasteiger partial charge in [0.1, 0.15) is 0 Å². The van der Waals surface area contributed by atoms with Crippen molar-refractivity contribution in [3.05, 3.63) is 53.1 Å². The van der Waals surface area contributed by atoms with Gasteiger partial charge in [-0.15, -0.1) is 0 Å². The molecule has 0 spiro atoms. The molecule has 1 atom stereocenters. The lowest BCUT2D eigenvalue weighted by Crippen LogP contribution is -2.26. The smallest absolute Gasteiger partial charge is 0.311 e. The first-order chi connectivity index (χ1) is 11.4. The SMILES string of the molecule is CN1C(=O)c2ccc(NC(=O)C3=CC=CCC3C(=O)O)cc2C1=O. The maximum absolute atomic E-state index is 12.4. The molecule has 122 valence electrons. The third kappa shape index (κ3) is 2.50. The van der Waals surface area contributed by atoms with Gasteiger partial charge in [-0.05, 0) is 24.6 Å². The van der Waals surface area contributed by atoms with E-state index >= 15 is 0 Å². The Kier molecular flexibility index (Phi) is 3.76. The van der Waals surface area contributed by atoms with Crippen molar-refractivity contribution in [2.45, 2.75) is 6.42 Å². The molecule has 1 aliphatic carbocycles. The lowest BCUT2D eigenvalue weighted by Gasteiger charge is -2.17. The molecule has 0 radical (unpaired) electrons. The number of nitrogens with one attached hydrogen (secondary N) is 1. The molecule has 0 fully saturated rings. The zero-order chi connectivity index (χ0) is 17.4. The third-order valence-electron chi connectivity index (χ3n) is 4.07. The van der Waals surface area contributed by atoms with Crippen LogP contribution in [-0.2, 0) is 9.59 Å². The van der Waals surface area contributed by atoms with E-state index in [-0.39, 0.29) is 29.0 Å². The second-order valence-electron chi connectivity index (χ2n) is 5.56. The Labute approximate surface area is 137 Å². The minimum atomic E-state index is -1.07. The van der Waals surface area contributed by atoms with Crippen molar-refractivity contribution >= 4 is 29.4 Å². The van der Waals surface area contributed by atoms with E-state index in [1.165, 1.54) is 31.3 Å². The topological polar surface area (TPSA) is 104 Å². The van der Waals surface area contributed by atoms with Crippen LogP contribution < -0.4 is 5.32 Å². The summed E-state index contributed by atoms with van der Waals surface area (Å²) < 4.78 is 0. The number of carbonyl (C=O) groups is 4. The molecule has 0 bridgehead atoms. The maximum atomic E-state index is 12.4. The first kappa shape index (κ1) is 15.7. The van der Waals surface area contributed by atoms with Crippen LogP contribution >= 0.6 is 0 Å². The molecule has 1 aliphatic heterocycles. The van der Waals surface area contributed by atoms with Gasteiger partial charge in [0.05, 0.1) is 17.0 Å². The molecular formula is C17H14N2O5. The van der Waals surface area contributed by atoms with Gasteiger partial charge in [0, 0.05) is 18.3 Å². The average molecular weight is 326 g/mol. The number of rotatable bonds is 3. The number of carbonyl (C=O) groups excluding carboxylic acids is 3. The molecule has 24 heavy (non-hydrogen) atoms. The van der Waals surface area contributed by atoms with Crippen molar-refractivity contribution < 1.29 is 24.3 Å². The van der Waals surface area contributed by atoms with E-state index in [9.17, 15) is 24.3 Å². The monoisotopic (exact) mass is 326 g/mol. The Morgan fingerprint density at radius 2 is 1.92 bits per heavy atom. The van der Waals surface area contributed by atoms with Crippen LogP contribution in [-0.4, -0.2) is 40.7 Å². The highest BCUT2D eigenvalue weighted by Crippen LogP contribution is 2.26. The Morgan fingerprint density at radius 1 is 1.21 bits per heavy atom. The van der Waals surface area contributed by atoms with Crippen LogP contribution in [0.3, 0.4) is 0 Å². The average Bonchev–Trinajstić information content (AvgIpc) is 2.79. The molecule has 7 heteroatoms. The highest BCUT2D eigenvalue weighted by molar-refractivity contribution is 6.21. The Morgan fingerprint density at radius 3 is 2.62 bits per heavy atom. The van der Waals surface area contributed by atoms with Gasteiger partial charge < -0.3 is 10.4 Å². The predicted octanol–water partition coefficient (Wildman–Crippen LogP) is 1.44. The number of imide groups is 1. The summed E-state index contributed by atoms with van der Waals surface area (Å²) in [4.78, 5) is 48.4. The number of benzene rings is 1. The molecule has 3 amide bonds. The van der Waals surface area contributed by atoms with Gasteiger partial charge in [-0.3, -0.25) is 24.1 Å². The third-order valence-corrected chi connectivity index (χ3v) is 4.07. The largest absolute Gasteiger partial charge is 0.481 e. The number of amides is 3. The number of aliphatic carboxylic acids is 1. The zero-order valence-corrected chi connectivity index (χ0v) is 12.8. The standard InChI is InChI=1S/C17H14N2O5/c1-19-15(21)11-7-6-9(8-13(11)16(19)22)18-14(20)10-4-2-3-5-12(10)17(23)24/h2-4,6-8,12H,5H2,1H3,(H,18,20)(H,23,24). The van der Waals surface area contributed by atoms with Gasteiger partial charge in [-0.1, -0.05) is 18.2 Å². The Hall–Kier alpha value is -3.22. The van der Waals surface area contributed by atoms with Crippen molar-refractivity contribution in [2.75, 3.05) is 12.4 Å². The van der Waals surface area contributed by atoms with E-state index in [1.807, 2.05) is 0 Å². The molecule has 1 heterocycles. The van der Waals surface area contributed by atoms with Gasteiger partial charge >= 0.3 is 5.97 Å². The van der Waals surface area contributed by atoms with E-state index in [1.54, 1.807) is 12.2 Å². The normalized spacial score (nSPS) is 19.1. The van der Waals surface area contributed by atoms with Crippen LogP contribution in [0, 0.1) is 5.92 Å². The second kappa shape index (κ2) is 5.77. The van der Waals surface area contributed by atoms with Gasteiger partial charge in [0.15, 0.2) is 0 Å². The number of carboxylic acid groups (broad SMARTS) is 1. The van der Waals surface area contributed by atoms with Crippen LogP contribution in [0.4, 0.5) is 5.69 Å². The summed E-state index contributed by atoms with van der Waals surface area (Å²) in [6, 6.07) is 4.40. The van der Waals surface area contributed by atoms with E-state index in [0.29, 0.717) is 5.69 Å². The number of nitrogens with zero attached hydrogens (tertiary/aromatic N) is 1. The van der Waals surface area contributed by atoms with Crippen molar-refractivity contribution in [3.8, 4) is 0 Å². The summed E-state index contributed by atoms with van der Waals surface area (Å²) >= 11 is 0. The van der Waals surface area contributed by atoms with Crippen LogP contribution in [0.1, 0.15) is 27.1 Å². The van der Waals surface area contributed by atoms with Crippen LogP contribution in [0.5, 0.6) is 0 Å². The fourth-order valence-corrected chi connectivity index (χ4v) is 2.74. The van der Waals surface area contributed by atoms with E-state index < -0.39 is 23.7 Å². The molecule has 0 saturated heterocycles. The van der Waals surface area contributed by atoms with E-state index in [4.69, 9.17) is 0 Å². The summed E-state index contributed by atoms with van der Waals surface area (Å²) in [6.07, 6.45) is 5.03. The maximum Gasteiger partial charge on any atom is 0.311 e. The van der Waals surface area contributed by atoms with Gasteiger partial charge in [-0.25, -0.2) is 0 Å². The number of fused-ring (bicyclic) bond motifs is 1. The van der Waals surface area contributed by atoms with Crippen molar-refractivity contribution in [2.24, 2.45) is 5.92 Å². The first-order valence-corrected chi connectivity index (χ1v) is 7.27. The van der Waals surface area contributed by atoms with E-state index in [2.05, 4.69) is 5.32 Å². The highest BCUT2D eigenvalue weighted by atomic mass is 16.4. The van der Waals surface area contributed by atoms with Crippen LogP contribution in [0.2, 0.25) is 0 Å². The first-order valence-electron chi connectivity index (χ1n) is 7.27. The number of anilines is 1. The van der Waals surface area contributed by atoms with Gasteiger partial charge in [0.2, 0.25) is 0 Å². The fraction of sp³-hybridized carbons (Fsp3) is 0.176. The minimum absolute atomic E-state index is 0.144. The van der Waals surface area contributed by atoms with E-state index in [0.717, 1.165) is 4.90 Å². The summed E-state index contributed by atoms with van der Waals surface area (Å²) in [5.41, 5.74) is 0.969. The fourth-order valence-electron chi connectivity index (χ4n) is 2.74. The van der Waals surface area contributed by atoms with Crippen LogP contribution in [0.15, 0.2) is 42.0 Å². The predicted molar refractivity (Wildman–Crippen MR) is 84.5 cm³/mol. The molecule has 2 aliphatic rings. The molecule has 3 rings (SSSR count). The summed E-state index contributed by atoms with van der Waals surface area (Å²) in [5.74, 6) is -3.35. The molecule has 1 unspecified atom stereocenters. The second-order valence-corrected chi connectivity index (χ2v) is 5.56. The minimum Gasteiger partial charge on any atom is -0.481 e. The number of hydrogen-bond acceptors (Lipinski definition) is 4. The van der Waals surface area contributed by atoms with Crippen molar-refractivity contribution in [1.29, 1.82) is 0 Å². The van der Waals surface area contributed by atoms with Gasteiger partial charge in [0.25, 0.3) is 17.7 Å². The molecule has 0 aromatic heterocycles. The zero-order valence-electron chi connectivity index (χ0n) is 12.8. The highest BCUT2D eigenvalue weighted by Gasteiger charge is 2.33. The molecule has 7 nitrogen and oxygen atoms in total. The molecule has 1 aromatic carbocycles. The Bertz CT molecular complexity index is 837. The van der Waals surface area contributed by atoms with Crippen molar-refractivity contribution in [1.82, 2.24) is 4.90 Å². The molecule has 2 N–H and O–H groups in total.